The summed E-state index contributed by atoms with van der Waals surface area (Å²) in [6.45, 7) is 2.95. The van der Waals surface area contributed by atoms with Crippen LogP contribution in [0, 0.1) is 11.8 Å². The summed E-state index contributed by atoms with van der Waals surface area (Å²) in [6.07, 6.45) is 0. The first kappa shape index (κ1) is 15.4. The van der Waals surface area contributed by atoms with Crippen molar-refractivity contribution < 1.29 is 13.5 Å². The molecular formula is C14H17NO3S2. The van der Waals surface area contributed by atoms with Crippen LogP contribution in [0.4, 0.5) is 0 Å². The predicted molar refractivity (Wildman–Crippen MR) is 81.1 cm³/mol. The first-order valence-corrected chi connectivity index (χ1v) is 8.84. The van der Waals surface area contributed by atoms with Crippen LogP contribution in [0.3, 0.4) is 0 Å². The molecule has 4 nitrogen and oxygen atoms in total. The Morgan fingerprint density at radius 2 is 2.10 bits per heavy atom. The maximum absolute atomic E-state index is 12.5. The zero-order chi connectivity index (χ0) is 14.6. The standard InChI is InChI=1S/C14H17NO3S2/c1-12-11-15(8-10-19-12)20(17,18)14-6-4-13(5-7-14)3-2-9-16/h4-7,12,16H,8-11H2,1H3. The van der Waals surface area contributed by atoms with Crippen LogP contribution in [0.2, 0.25) is 0 Å². The number of hydrogen-bond donors (Lipinski definition) is 1. The number of benzene rings is 1. The van der Waals surface area contributed by atoms with E-state index >= 15 is 0 Å². The van der Waals surface area contributed by atoms with Crippen LogP contribution in [0.1, 0.15) is 12.5 Å². The highest BCUT2D eigenvalue weighted by molar-refractivity contribution is 8.00. The van der Waals surface area contributed by atoms with Crippen molar-refractivity contribution in [2.75, 3.05) is 25.4 Å². The maximum Gasteiger partial charge on any atom is 0.243 e. The van der Waals surface area contributed by atoms with Gasteiger partial charge in [0, 0.05) is 29.7 Å². The second-order valence-corrected chi connectivity index (χ2v) is 8.01. The quantitative estimate of drug-likeness (QED) is 0.833. The molecule has 6 heteroatoms. The van der Waals surface area contributed by atoms with E-state index in [0.717, 1.165) is 5.75 Å². The molecule has 0 aliphatic carbocycles. The third-order valence-corrected chi connectivity index (χ3v) is 6.02. The van der Waals surface area contributed by atoms with E-state index in [-0.39, 0.29) is 6.61 Å². The molecule has 0 spiro atoms. The molecule has 2 rings (SSSR count). The Kier molecular flexibility index (Phi) is 5.11. The molecule has 1 fully saturated rings. The Bertz CT molecular complexity index is 614. The average Bonchev–Trinajstić information content (AvgIpc) is 2.45. The van der Waals surface area contributed by atoms with Crippen LogP contribution in [0.15, 0.2) is 29.2 Å². The third kappa shape index (κ3) is 3.55. The fourth-order valence-electron chi connectivity index (χ4n) is 2.01. The van der Waals surface area contributed by atoms with Gasteiger partial charge in [0.15, 0.2) is 0 Å². The van der Waals surface area contributed by atoms with Crippen LogP contribution < -0.4 is 0 Å². The topological polar surface area (TPSA) is 57.6 Å². The van der Waals surface area contributed by atoms with Gasteiger partial charge < -0.3 is 5.11 Å². The van der Waals surface area contributed by atoms with Gasteiger partial charge in [-0.3, -0.25) is 0 Å². The lowest BCUT2D eigenvalue weighted by molar-refractivity contribution is 0.350. The zero-order valence-corrected chi connectivity index (χ0v) is 12.9. The van der Waals surface area contributed by atoms with Gasteiger partial charge in [0.2, 0.25) is 10.0 Å². The van der Waals surface area contributed by atoms with Crippen molar-refractivity contribution in [1.29, 1.82) is 0 Å². The van der Waals surface area contributed by atoms with Crippen molar-refractivity contribution in [3.05, 3.63) is 29.8 Å². The van der Waals surface area contributed by atoms with Crippen molar-refractivity contribution >= 4 is 21.8 Å². The minimum Gasteiger partial charge on any atom is -0.384 e. The third-order valence-electron chi connectivity index (χ3n) is 3.01. The molecule has 20 heavy (non-hydrogen) atoms. The molecule has 1 saturated heterocycles. The van der Waals surface area contributed by atoms with E-state index in [2.05, 4.69) is 11.8 Å². The van der Waals surface area contributed by atoms with Gasteiger partial charge in [-0.05, 0) is 24.3 Å². The van der Waals surface area contributed by atoms with Gasteiger partial charge in [0.25, 0.3) is 0 Å². The molecule has 0 bridgehead atoms. The maximum atomic E-state index is 12.5. The molecule has 1 N–H and O–H groups in total. The minimum atomic E-state index is -3.41. The second-order valence-electron chi connectivity index (χ2n) is 4.53. The van der Waals surface area contributed by atoms with Gasteiger partial charge in [0.1, 0.15) is 6.61 Å². The molecule has 0 aromatic heterocycles. The van der Waals surface area contributed by atoms with Crippen molar-refractivity contribution in [2.45, 2.75) is 17.1 Å². The summed E-state index contributed by atoms with van der Waals surface area (Å²) >= 11 is 1.80. The molecule has 0 radical (unpaired) electrons. The number of aliphatic hydroxyl groups excluding tert-OH is 1. The van der Waals surface area contributed by atoms with Gasteiger partial charge in [-0.25, -0.2) is 8.42 Å². The number of hydrogen-bond acceptors (Lipinski definition) is 4. The molecule has 108 valence electrons. The molecule has 1 aromatic rings. The number of thioether (sulfide) groups is 1. The first-order chi connectivity index (χ1) is 9.54. The number of rotatable bonds is 2. The highest BCUT2D eigenvalue weighted by Gasteiger charge is 2.28. The van der Waals surface area contributed by atoms with Gasteiger partial charge in [-0.1, -0.05) is 18.8 Å². The molecule has 1 atom stereocenters. The summed E-state index contributed by atoms with van der Waals surface area (Å²) in [7, 11) is -3.41. The average molecular weight is 311 g/mol. The van der Waals surface area contributed by atoms with Crippen LogP contribution in [0.5, 0.6) is 0 Å². The molecule has 1 unspecified atom stereocenters. The fourth-order valence-corrected chi connectivity index (χ4v) is 4.76. The van der Waals surface area contributed by atoms with Crippen LogP contribution >= 0.6 is 11.8 Å². The molecule has 1 aliphatic rings. The number of aliphatic hydroxyl groups is 1. The summed E-state index contributed by atoms with van der Waals surface area (Å²) in [5, 5.41) is 8.96. The summed E-state index contributed by atoms with van der Waals surface area (Å²) in [6, 6.07) is 6.47. The molecule has 1 aliphatic heterocycles. The molecule has 0 amide bonds. The number of sulfonamides is 1. The van der Waals surface area contributed by atoms with Crippen molar-refractivity contribution in [1.82, 2.24) is 4.31 Å². The molecule has 1 heterocycles. The molecular weight excluding hydrogens is 294 g/mol. The molecule has 0 saturated carbocycles. The summed E-state index contributed by atoms with van der Waals surface area (Å²) in [5.74, 6) is 6.12. The normalized spacial score (nSPS) is 20.2. The number of nitrogens with zero attached hydrogens (tertiary/aromatic N) is 1. The van der Waals surface area contributed by atoms with Crippen LogP contribution in [-0.2, 0) is 10.0 Å². The largest absolute Gasteiger partial charge is 0.384 e. The SMILES string of the molecule is CC1CN(S(=O)(=O)c2ccc(C#CCO)cc2)CCS1. The highest BCUT2D eigenvalue weighted by Crippen LogP contribution is 2.24. The Morgan fingerprint density at radius 1 is 1.40 bits per heavy atom. The van der Waals surface area contributed by atoms with Crippen molar-refractivity contribution in [2.24, 2.45) is 0 Å². The van der Waals surface area contributed by atoms with E-state index in [9.17, 15) is 8.42 Å². The summed E-state index contributed by atoms with van der Waals surface area (Å²) in [4.78, 5) is 0.297. The highest BCUT2D eigenvalue weighted by atomic mass is 32.2. The van der Waals surface area contributed by atoms with Crippen LogP contribution in [-0.4, -0.2) is 48.5 Å². The van der Waals surface area contributed by atoms with Crippen LogP contribution in [0.25, 0.3) is 0 Å². The minimum absolute atomic E-state index is 0.205. The van der Waals surface area contributed by atoms with Gasteiger partial charge >= 0.3 is 0 Å². The fraction of sp³-hybridized carbons (Fsp3) is 0.429. The zero-order valence-electron chi connectivity index (χ0n) is 11.2. The van der Waals surface area contributed by atoms with Crippen molar-refractivity contribution in [3.8, 4) is 11.8 Å². The van der Waals surface area contributed by atoms with E-state index in [4.69, 9.17) is 5.11 Å². The lowest BCUT2D eigenvalue weighted by Crippen LogP contribution is -2.40. The molecule has 1 aromatic carbocycles. The van der Waals surface area contributed by atoms with E-state index < -0.39 is 10.0 Å². The van der Waals surface area contributed by atoms with E-state index in [1.807, 2.05) is 6.92 Å². The lowest BCUT2D eigenvalue weighted by Gasteiger charge is -2.29. The van der Waals surface area contributed by atoms with E-state index in [1.165, 1.54) is 0 Å². The Labute approximate surface area is 124 Å². The van der Waals surface area contributed by atoms with Crippen molar-refractivity contribution in [3.63, 3.8) is 0 Å². The Hall–Kier alpha value is -1.00. The summed E-state index contributed by atoms with van der Waals surface area (Å²) in [5.41, 5.74) is 0.695. The van der Waals surface area contributed by atoms with E-state index in [1.54, 1.807) is 40.3 Å². The Balaban J connectivity index is 2.21. The van der Waals surface area contributed by atoms with Gasteiger partial charge in [-0.2, -0.15) is 16.1 Å². The van der Waals surface area contributed by atoms with E-state index in [0.29, 0.717) is 28.8 Å². The Morgan fingerprint density at radius 3 is 2.70 bits per heavy atom. The van der Waals surface area contributed by atoms with Gasteiger partial charge in [0.05, 0.1) is 4.90 Å². The second kappa shape index (κ2) is 6.64. The summed E-state index contributed by atoms with van der Waals surface area (Å²) < 4.78 is 26.5. The predicted octanol–water partition coefficient (Wildman–Crippen LogP) is 1.16. The first-order valence-electron chi connectivity index (χ1n) is 6.35. The smallest absolute Gasteiger partial charge is 0.243 e. The van der Waals surface area contributed by atoms with Gasteiger partial charge in [-0.15, -0.1) is 0 Å². The monoisotopic (exact) mass is 311 g/mol. The lowest BCUT2D eigenvalue weighted by atomic mass is 10.2.